The summed E-state index contributed by atoms with van der Waals surface area (Å²) in [6, 6.07) is 13.5. The average molecular weight is 459 g/mol. The number of nitrogens with zero attached hydrogens (tertiary/aromatic N) is 3. The molecule has 33 heavy (non-hydrogen) atoms. The second-order valence-electron chi connectivity index (χ2n) is 7.13. The normalized spacial score (nSPS) is 14.0. The maximum Gasteiger partial charge on any atom is 0.573 e. The number of morpholine rings is 1. The van der Waals surface area contributed by atoms with Gasteiger partial charge in [0.15, 0.2) is 5.82 Å². The quantitative estimate of drug-likeness (QED) is 0.571. The number of benzene rings is 2. The molecule has 172 valence electrons. The molecule has 2 heterocycles. The highest BCUT2D eigenvalue weighted by molar-refractivity contribution is 6.04. The average Bonchev–Trinajstić information content (AvgIpc) is 2.80. The van der Waals surface area contributed by atoms with Crippen LogP contribution in [0.4, 0.5) is 36.1 Å². The van der Waals surface area contributed by atoms with Crippen LogP contribution in [0.2, 0.25) is 0 Å². The largest absolute Gasteiger partial charge is 0.573 e. The molecule has 3 aromatic rings. The van der Waals surface area contributed by atoms with Crippen molar-refractivity contribution in [3.63, 3.8) is 0 Å². The minimum Gasteiger partial charge on any atom is -0.406 e. The number of alkyl halides is 3. The summed E-state index contributed by atoms with van der Waals surface area (Å²) in [7, 11) is 0. The number of amides is 1. The number of aromatic nitrogens is 2. The van der Waals surface area contributed by atoms with E-state index in [-0.39, 0.29) is 5.56 Å². The lowest BCUT2D eigenvalue weighted by molar-refractivity contribution is -0.274. The summed E-state index contributed by atoms with van der Waals surface area (Å²) in [4.78, 5) is 14.5. The molecule has 2 N–H and O–H groups in total. The van der Waals surface area contributed by atoms with Gasteiger partial charge >= 0.3 is 6.36 Å². The number of ether oxygens (including phenoxy) is 2. The fraction of sp³-hybridized carbons (Fsp3) is 0.227. The minimum atomic E-state index is -4.78. The first-order valence-corrected chi connectivity index (χ1v) is 10.1. The molecule has 0 atom stereocenters. The lowest BCUT2D eigenvalue weighted by Gasteiger charge is -2.28. The maximum atomic E-state index is 12.4. The summed E-state index contributed by atoms with van der Waals surface area (Å²) in [5.41, 5.74) is 2.41. The van der Waals surface area contributed by atoms with Crippen LogP contribution in [0.5, 0.6) is 5.75 Å². The second kappa shape index (κ2) is 9.74. The van der Waals surface area contributed by atoms with Gasteiger partial charge in [0, 0.05) is 36.1 Å². The van der Waals surface area contributed by atoms with E-state index in [1.54, 1.807) is 30.5 Å². The summed E-state index contributed by atoms with van der Waals surface area (Å²) < 4.78 is 45.9. The topological polar surface area (TPSA) is 88.6 Å². The van der Waals surface area contributed by atoms with Crippen LogP contribution in [0.1, 0.15) is 10.4 Å². The zero-order chi connectivity index (χ0) is 23.3. The Morgan fingerprint density at radius 2 is 1.67 bits per heavy atom. The van der Waals surface area contributed by atoms with Gasteiger partial charge in [-0.1, -0.05) is 0 Å². The molecule has 11 heteroatoms. The van der Waals surface area contributed by atoms with E-state index >= 15 is 0 Å². The molecular weight excluding hydrogens is 439 g/mol. The van der Waals surface area contributed by atoms with Gasteiger partial charge < -0.3 is 25.0 Å². The van der Waals surface area contributed by atoms with Crippen molar-refractivity contribution >= 4 is 28.8 Å². The first-order valence-electron chi connectivity index (χ1n) is 10.1. The van der Waals surface area contributed by atoms with Crippen LogP contribution in [0, 0.1) is 0 Å². The van der Waals surface area contributed by atoms with Gasteiger partial charge in [-0.3, -0.25) is 4.79 Å². The molecule has 1 aliphatic heterocycles. The molecule has 0 bridgehead atoms. The van der Waals surface area contributed by atoms with Crippen LogP contribution in [0.3, 0.4) is 0 Å². The van der Waals surface area contributed by atoms with E-state index in [0.29, 0.717) is 24.7 Å². The summed E-state index contributed by atoms with van der Waals surface area (Å²) in [6.45, 7) is 2.92. The molecule has 2 aromatic carbocycles. The Kier molecular flexibility index (Phi) is 6.59. The van der Waals surface area contributed by atoms with Crippen molar-refractivity contribution in [3.05, 3.63) is 66.4 Å². The van der Waals surface area contributed by atoms with Crippen molar-refractivity contribution in [1.29, 1.82) is 0 Å². The first kappa shape index (κ1) is 22.3. The first-order chi connectivity index (χ1) is 15.9. The molecular formula is C22H20F3N5O3. The Labute approximate surface area is 187 Å². The third kappa shape index (κ3) is 6.32. The van der Waals surface area contributed by atoms with E-state index in [4.69, 9.17) is 4.74 Å². The summed E-state index contributed by atoms with van der Waals surface area (Å²) >= 11 is 0. The Morgan fingerprint density at radius 3 is 2.33 bits per heavy atom. The number of nitrogens with one attached hydrogen (secondary N) is 2. The molecule has 1 fully saturated rings. The van der Waals surface area contributed by atoms with E-state index in [1.807, 2.05) is 6.07 Å². The van der Waals surface area contributed by atoms with Crippen molar-refractivity contribution in [2.45, 2.75) is 6.36 Å². The summed E-state index contributed by atoms with van der Waals surface area (Å²) in [5.74, 6) is -0.273. The molecule has 0 radical (unpaired) electrons. The van der Waals surface area contributed by atoms with Crippen LogP contribution >= 0.6 is 0 Å². The zero-order valence-corrected chi connectivity index (χ0v) is 17.3. The van der Waals surface area contributed by atoms with Gasteiger partial charge in [0.25, 0.3) is 5.91 Å². The number of halogens is 3. The lowest BCUT2D eigenvalue weighted by Crippen LogP contribution is -2.36. The highest BCUT2D eigenvalue weighted by Crippen LogP contribution is 2.24. The minimum absolute atomic E-state index is 0.196. The van der Waals surface area contributed by atoms with Crippen molar-refractivity contribution in [3.8, 4) is 5.75 Å². The van der Waals surface area contributed by atoms with Gasteiger partial charge in [0.05, 0.1) is 25.1 Å². The smallest absolute Gasteiger partial charge is 0.406 e. The van der Waals surface area contributed by atoms with Gasteiger partial charge in [-0.25, -0.2) is 0 Å². The Bertz CT molecular complexity index is 1090. The standard InChI is InChI=1S/C22H20F3N5O3/c23-22(24,25)33-19-7-1-15(2-8-19)21(31)28-17-5-3-16(4-6-17)27-20-13-18(14-26-29-20)30-9-11-32-12-10-30/h1-8,13-14H,9-12H2,(H,27,29)(H,28,31). The molecule has 8 nitrogen and oxygen atoms in total. The molecule has 1 saturated heterocycles. The van der Waals surface area contributed by atoms with Crippen LogP contribution in [-0.2, 0) is 4.74 Å². The number of carbonyl (C=O) groups excluding carboxylic acids is 1. The summed E-state index contributed by atoms with van der Waals surface area (Å²) in [6.07, 6.45) is -3.08. The monoisotopic (exact) mass is 459 g/mol. The third-order valence-electron chi connectivity index (χ3n) is 4.78. The van der Waals surface area contributed by atoms with E-state index in [1.165, 1.54) is 12.1 Å². The van der Waals surface area contributed by atoms with Crippen LogP contribution in [0.25, 0.3) is 0 Å². The second-order valence-corrected chi connectivity index (χ2v) is 7.13. The van der Waals surface area contributed by atoms with Crippen LogP contribution in [0.15, 0.2) is 60.8 Å². The molecule has 0 unspecified atom stereocenters. The Hall–Kier alpha value is -3.86. The highest BCUT2D eigenvalue weighted by atomic mass is 19.4. The van der Waals surface area contributed by atoms with Crippen molar-refractivity contribution in [2.75, 3.05) is 41.8 Å². The van der Waals surface area contributed by atoms with Crippen molar-refractivity contribution in [1.82, 2.24) is 10.2 Å². The molecule has 0 spiro atoms. The molecule has 4 rings (SSSR count). The molecule has 0 saturated carbocycles. The Morgan fingerprint density at radius 1 is 1.00 bits per heavy atom. The van der Waals surface area contributed by atoms with E-state index in [2.05, 4.69) is 30.5 Å². The van der Waals surface area contributed by atoms with Crippen molar-refractivity contribution < 1.29 is 27.4 Å². The van der Waals surface area contributed by atoms with Crippen LogP contribution < -0.4 is 20.3 Å². The van der Waals surface area contributed by atoms with Gasteiger partial charge in [-0.05, 0) is 48.5 Å². The predicted molar refractivity (Wildman–Crippen MR) is 116 cm³/mol. The zero-order valence-electron chi connectivity index (χ0n) is 17.3. The molecule has 1 amide bonds. The fourth-order valence-electron chi connectivity index (χ4n) is 3.21. The van der Waals surface area contributed by atoms with Gasteiger partial charge in [-0.2, -0.15) is 5.10 Å². The van der Waals surface area contributed by atoms with Crippen molar-refractivity contribution in [2.24, 2.45) is 0 Å². The van der Waals surface area contributed by atoms with E-state index < -0.39 is 18.0 Å². The fourth-order valence-corrected chi connectivity index (χ4v) is 3.21. The third-order valence-corrected chi connectivity index (χ3v) is 4.78. The van der Waals surface area contributed by atoms with Crippen LogP contribution in [-0.4, -0.2) is 48.8 Å². The number of carbonyl (C=O) groups is 1. The SMILES string of the molecule is O=C(Nc1ccc(Nc2cc(N3CCOCC3)cnn2)cc1)c1ccc(OC(F)(F)F)cc1. The van der Waals surface area contributed by atoms with E-state index in [9.17, 15) is 18.0 Å². The van der Waals surface area contributed by atoms with Gasteiger partial charge in [0.1, 0.15) is 5.75 Å². The lowest BCUT2D eigenvalue weighted by atomic mass is 10.2. The van der Waals surface area contributed by atoms with Gasteiger partial charge in [0.2, 0.25) is 0 Å². The molecule has 1 aromatic heterocycles. The van der Waals surface area contributed by atoms with E-state index in [0.717, 1.165) is 36.6 Å². The number of anilines is 4. The predicted octanol–water partition coefficient (Wildman–Crippen LogP) is 4.21. The molecule has 0 aliphatic carbocycles. The number of hydrogen-bond acceptors (Lipinski definition) is 7. The number of rotatable bonds is 6. The Balaban J connectivity index is 1.35. The maximum absolute atomic E-state index is 12.4. The summed E-state index contributed by atoms with van der Waals surface area (Å²) in [5, 5.41) is 14.0. The highest BCUT2D eigenvalue weighted by Gasteiger charge is 2.31. The molecule has 1 aliphatic rings. The van der Waals surface area contributed by atoms with Gasteiger partial charge in [-0.15, -0.1) is 18.3 Å². The number of hydrogen-bond donors (Lipinski definition) is 2.